The molecule has 1 saturated heterocycles. The molecule has 1 N–H and O–H groups in total. The van der Waals surface area contributed by atoms with Crippen molar-refractivity contribution in [3.63, 3.8) is 0 Å². The van der Waals surface area contributed by atoms with Gasteiger partial charge in [-0.25, -0.2) is 8.42 Å². The van der Waals surface area contributed by atoms with E-state index in [1.165, 1.54) is 6.20 Å². The van der Waals surface area contributed by atoms with Crippen LogP contribution < -0.4 is 10.2 Å². The minimum atomic E-state index is -3.41. The maximum absolute atomic E-state index is 11.9. The van der Waals surface area contributed by atoms with Crippen LogP contribution in [0.3, 0.4) is 0 Å². The summed E-state index contributed by atoms with van der Waals surface area (Å²) in [5.41, 5.74) is 0.180. The zero-order valence-electron chi connectivity index (χ0n) is 13.9. The Morgan fingerprint density at radius 3 is 2.18 bits per heavy atom. The Labute approximate surface area is 132 Å². The summed E-state index contributed by atoms with van der Waals surface area (Å²) in [6, 6.07) is 1.69. The van der Waals surface area contributed by atoms with Gasteiger partial charge in [-0.3, -0.25) is 9.71 Å². The highest BCUT2D eigenvalue weighted by atomic mass is 32.2. The zero-order valence-corrected chi connectivity index (χ0v) is 14.7. The molecular formula is C14H23BN2O4S. The summed E-state index contributed by atoms with van der Waals surface area (Å²) in [6.07, 6.45) is 3.09. The average molecular weight is 326 g/mol. The van der Waals surface area contributed by atoms with Gasteiger partial charge in [0.15, 0.2) is 0 Å². The molecule has 1 aliphatic rings. The van der Waals surface area contributed by atoms with Crippen LogP contribution in [0.4, 0.5) is 5.69 Å². The first-order valence-electron chi connectivity index (χ1n) is 7.27. The molecule has 0 bridgehead atoms. The SMILES string of the molecule is CC(C)S(=O)(=O)Nc1cncc(B2OC(C)(C)C(C)(C)O2)c1. The van der Waals surface area contributed by atoms with Crippen LogP contribution in [0, 0.1) is 0 Å². The molecule has 1 aromatic heterocycles. The van der Waals surface area contributed by atoms with Crippen LogP contribution in [0.25, 0.3) is 0 Å². The fourth-order valence-electron chi connectivity index (χ4n) is 1.90. The topological polar surface area (TPSA) is 77.5 Å². The van der Waals surface area contributed by atoms with Crippen LogP contribution in [0.2, 0.25) is 0 Å². The standard InChI is InChI=1S/C14H23BN2O4S/c1-10(2)22(18,19)17-12-7-11(8-16-9-12)15-20-13(3,4)14(5,6)21-15/h7-10,17H,1-6H3. The van der Waals surface area contributed by atoms with Crippen LogP contribution in [0.1, 0.15) is 41.5 Å². The molecule has 0 unspecified atom stereocenters. The second-order valence-electron chi connectivity index (χ2n) is 6.79. The third-order valence-corrected chi connectivity index (χ3v) is 5.93. The quantitative estimate of drug-likeness (QED) is 0.849. The monoisotopic (exact) mass is 326 g/mol. The van der Waals surface area contributed by atoms with Gasteiger partial charge in [-0.1, -0.05) is 0 Å². The molecule has 0 aliphatic carbocycles. The number of nitrogens with one attached hydrogen (secondary N) is 1. The van der Waals surface area contributed by atoms with Gasteiger partial charge < -0.3 is 9.31 Å². The van der Waals surface area contributed by atoms with Gasteiger partial charge in [-0.05, 0) is 47.6 Å². The van der Waals surface area contributed by atoms with Crippen LogP contribution >= 0.6 is 0 Å². The summed E-state index contributed by atoms with van der Waals surface area (Å²) in [5.74, 6) is 0. The van der Waals surface area contributed by atoms with Gasteiger partial charge >= 0.3 is 7.12 Å². The van der Waals surface area contributed by atoms with Crippen molar-refractivity contribution in [1.82, 2.24) is 4.98 Å². The molecule has 0 aromatic carbocycles. The van der Waals surface area contributed by atoms with Crippen LogP contribution in [0.5, 0.6) is 0 Å². The molecule has 0 atom stereocenters. The Bertz CT molecular complexity index is 643. The van der Waals surface area contributed by atoms with E-state index in [1.54, 1.807) is 26.1 Å². The summed E-state index contributed by atoms with van der Waals surface area (Å²) in [7, 11) is -3.98. The zero-order chi connectivity index (χ0) is 16.8. The van der Waals surface area contributed by atoms with Crippen molar-refractivity contribution in [2.45, 2.75) is 58.0 Å². The number of aromatic nitrogens is 1. The van der Waals surface area contributed by atoms with Crippen molar-refractivity contribution in [2.24, 2.45) is 0 Å². The maximum atomic E-state index is 11.9. The lowest BCUT2D eigenvalue weighted by molar-refractivity contribution is 0.00578. The third kappa shape index (κ3) is 3.28. The van der Waals surface area contributed by atoms with Crippen LogP contribution in [0.15, 0.2) is 18.5 Å². The Kier molecular flexibility index (Phi) is 4.32. The number of hydrogen-bond donors (Lipinski definition) is 1. The molecule has 2 rings (SSSR count). The van der Waals surface area contributed by atoms with E-state index >= 15 is 0 Å². The van der Waals surface area contributed by atoms with Crippen molar-refractivity contribution in [3.8, 4) is 0 Å². The number of nitrogens with zero attached hydrogens (tertiary/aromatic N) is 1. The van der Waals surface area contributed by atoms with E-state index < -0.39 is 33.6 Å². The van der Waals surface area contributed by atoms with Crippen molar-refractivity contribution < 1.29 is 17.7 Å². The average Bonchev–Trinajstić information content (AvgIpc) is 2.58. The first-order valence-corrected chi connectivity index (χ1v) is 8.81. The molecule has 1 aliphatic heterocycles. The Morgan fingerprint density at radius 2 is 1.68 bits per heavy atom. The van der Waals surface area contributed by atoms with E-state index in [0.717, 1.165) is 0 Å². The largest absolute Gasteiger partial charge is 0.496 e. The second-order valence-corrected chi connectivity index (χ2v) is 9.03. The summed E-state index contributed by atoms with van der Waals surface area (Å²) in [6.45, 7) is 11.1. The summed E-state index contributed by atoms with van der Waals surface area (Å²) >= 11 is 0. The van der Waals surface area contributed by atoms with Crippen molar-refractivity contribution in [1.29, 1.82) is 0 Å². The van der Waals surface area contributed by atoms with Crippen LogP contribution in [-0.2, 0) is 19.3 Å². The van der Waals surface area contributed by atoms with E-state index in [1.807, 2.05) is 27.7 Å². The Morgan fingerprint density at radius 1 is 1.14 bits per heavy atom. The molecule has 122 valence electrons. The fraction of sp³-hybridized carbons (Fsp3) is 0.643. The molecule has 1 aromatic rings. The lowest BCUT2D eigenvalue weighted by atomic mass is 9.80. The summed E-state index contributed by atoms with van der Waals surface area (Å²) in [5, 5.41) is -0.520. The molecule has 0 amide bonds. The first-order chi connectivity index (χ1) is 9.95. The van der Waals surface area contributed by atoms with Gasteiger partial charge in [0, 0.05) is 11.7 Å². The lowest BCUT2D eigenvalue weighted by Crippen LogP contribution is -2.41. The number of sulfonamides is 1. The molecule has 22 heavy (non-hydrogen) atoms. The highest BCUT2D eigenvalue weighted by Gasteiger charge is 2.51. The van der Waals surface area contributed by atoms with Gasteiger partial charge in [0.2, 0.25) is 10.0 Å². The van der Waals surface area contributed by atoms with Crippen molar-refractivity contribution >= 4 is 28.3 Å². The smallest absolute Gasteiger partial charge is 0.399 e. The minimum absolute atomic E-state index is 0.404. The molecule has 8 heteroatoms. The van der Waals surface area contributed by atoms with E-state index in [2.05, 4.69) is 9.71 Å². The van der Waals surface area contributed by atoms with E-state index in [-0.39, 0.29) is 0 Å². The number of rotatable bonds is 4. The Balaban J connectivity index is 2.24. The molecule has 0 spiro atoms. The number of hydrogen-bond acceptors (Lipinski definition) is 5. The third-order valence-electron chi connectivity index (χ3n) is 4.17. The summed E-state index contributed by atoms with van der Waals surface area (Å²) in [4.78, 5) is 4.08. The van der Waals surface area contributed by atoms with E-state index in [0.29, 0.717) is 11.2 Å². The summed E-state index contributed by atoms with van der Waals surface area (Å²) < 4.78 is 38.3. The molecule has 0 saturated carbocycles. The molecule has 0 radical (unpaired) electrons. The second kappa shape index (κ2) is 5.51. The van der Waals surface area contributed by atoms with Gasteiger partial charge in [-0.15, -0.1) is 0 Å². The molecular weight excluding hydrogens is 303 g/mol. The normalized spacial score (nSPS) is 20.4. The number of anilines is 1. The minimum Gasteiger partial charge on any atom is -0.399 e. The lowest BCUT2D eigenvalue weighted by Gasteiger charge is -2.32. The highest BCUT2D eigenvalue weighted by molar-refractivity contribution is 7.93. The predicted molar refractivity (Wildman–Crippen MR) is 87.6 cm³/mol. The molecule has 6 nitrogen and oxygen atoms in total. The van der Waals surface area contributed by atoms with Gasteiger partial charge in [0.1, 0.15) is 0 Å². The number of pyridine rings is 1. The van der Waals surface area contributed by atoms with Crippen molar-refractivity contribution in [2.75, 3.05) is 4.72 Å². The van der Waals surface area contributed by atoms with Gasteiger partial charge in [0.25, 0.3) is 0 Å². The molecule has 1 fully saturated rings. The van der Waals surface area contributed by atoms with E-state index in [9.17, 15) is 8.42 Å². The highest BCUT2D eigenvalue weighted by Crippen LogP contribution is 2.36. The first kappa shape index (κ1) is 17.2. The fourth-order valence-corrected chi connectivity index (χ4v) is 2.58. The maximum Gasteiger partial charge on any atom is 0.496 e. The molecule has 2 heterocycles. The van der Waals surface area contributed by atoms with Crippen LogP contribution in [-0.4, -0.2) is 37.0 Å². The van der Waals surface area contributed by atoms with Crippen molar-refractivity contribution in [3.05, 3.63) is 18.5 Å². The van der Waals surface area contributed by atoms with Gasteiger partial charge in [0.05, 0.1) is 28.3 Å². The Hall–Kier alpha value is -1.12. The van der Waals surface area contributed by atoms with E-state index in [4.69, 9.17) is 9.31 Å². The van der Waals surface area contributed by atoms with Gasteiger partial charge in [-0.2, -0.15) is 0 Å². The predicted octanol–water partition coefficient (Wildman–Crippen LogP) is 1.53.